The molecule has 0 aliphatic carbocycles. The number of anilines is 1. The number of hydrogen-bond acceptors (Lipinski definition) is 5. The molecule has 33 heavy (non-hydrogen) atoms. The SMILES string of the molecule is BC(B)(B)Oc1ccc(C(=O)Nc2cc(F)c(F)c([C@@]3(C)N=C(N)[C@@](C)(F)C[C@@H]3F)c2)nc1. The summed E-state index contributed by atoms with van der Waals surface area (Å²) < 4.78 is 64.0. The van der Waals surface area contributed by atoms with Gasteiger partial charge in [-0.3, -0.25) is 9.79 Å². The lowest BCUT2D eigenvalue weighted by Crippen LogP contribution is -2.51. The second kappa shape index (κ2) is 8.42. The lowest BCUT2D eigenvalue weighted by atomic mass is 9.52. The third-order valence-electron chi connectivity index (χ3n) is 5.28. The molecule has 2 aromatic rings. The lowest BCUT2D eigenvalue weighted by molar-refractivity contribution is 0.102. The number of nitrogens with one attached hydrogen (secondary N) is 1. The second-order valence-electron chi connectivity index (χ2n) is 9.38. The van der Waals surface area contributed by atoms with Gasteiger partial charge in [0.15, 0.2) is 17.3 Å². The van der Waals surface area contributed by atoms with Gasteiger partial charge >= 0.3 is 0 Å². The Morgan fingerprint density at radius 3 is 2.52 bits per heavy atom. The first-order valence-electron chi connectivity index (χ1n) is 10.3. The van der Waals surface area contributed by atoms with Crippen LogP contribution >= 0.6 is 0 Å². The molecule has 0 saturated carbocycles. The zero-order chi connectivity index (χ0) is 24.8. The predicted molar refractivity (Wildman–Crippen MR) is 126 cm³/mol. The van der Waals surface area contributed by atoms with Crippen LogP contribution in [0.4, 0.5) is 23.2 Å². The van der Waals surface area contributed by atoms with Crippen molar-refractivity contribution < 1.29 is 27.1 Å². The molecule has 2 heterocycles. The van der Waals surface area contributed by atoms with Gasteiger partial charge < -0.3 is 15.8 Å². The van der Waals surface area contributed by atoms with Crippen molar-refractivity contribution in [1.82, 2.24) is 4.98 Å². The first-order chi connectivity index (χ1) is 15.1. The largest absolute Gasteiger partial charge is 0.512 e. The van der Waals surface area contributed by atoms with Crippen LogP contribution in [0.25, 0.3) is 0 Å². The summed E-state index contributed by atoms with van der Waals surface area (Å²) in [5, 5.41) is 1.95. The number of carbonyl (C=O) groups excluding carboxylic acids is 1. The number of benzene rings is 1. The average Bonchev–Trinajstić information content (AvgIpc) is 2.68. The Kier molecular flexibility index (Phi) is 6.29. The summed E-state index contributed by atoms with van der Waals surface area (Å²) >= 11 is 0. The molecule has 13 heteroatoms. The number of nitrogens with two attached hydrogens (primary N) is 1. The molecule has 0 bridgehead atoms. The maximum absolute atomic E-state index is 14.9. The fourth-order valence-corrected chi connectivity index (χ4v) is 3.46. The molecule has 0 unspecified atom stereocenters. The molecule has 3 rings (SSSR count). The predicted octanol–water partition coefficient (Wildman–Crippen LogP) is 0.544. The van der Waals surface area contributed by atoms with Gasteiger partial charge in [-0.15, -0.1) is 0 Å². The fourth-order valence-electron chi connectivity index (χ4n) is 3.46. The number of hydrogen-bond donors (Lipinski definition) is 2. The molecule has 0 spiro atoms. The van der Waals surface area contributed by atoms with E-state index in [0.29, 0.717) is 5.75 Å². The molecule has 3 N–H and O–H groups in total. The van der Waals surface area contributed by atoms with Crippen LogP contribution in [0.2, 0.25) is 0 Å². The molecule has 1 amide bonds. The van der Waals surface area contributed by atoms with Gasteiger partial charge in [-0.2, -0.15) is 0 Å². The Labute approximate surface area is 191 Å². The zero-order valence-corrected chi connectivity index (χ0v) is 19.0. The number of aromatic nitrogens is 1. The third-order valence-corrected chi connectivity index (χ3v) is 5.28. The highest BCUT2D eigenvalue weighted by Crippen LogP contribution is 2.43. The molecule has 172 valence electrons. The van der Waals surface area contributed by atoms with Crippen LogP contribution in [-0.4, -0.2) is 57.4 Å². The second-order valence-corrected chi connectivity index (χ2v) is 9.38. The molecular weight excluding hydrogens is 437 g/mol. The van der Waals surface area contributed by atoms with Crippen molar-refractivity contribution in [3.05, 3.63) is 53.4 Å². The average molecular weight is 460 g/mol. The van der Waals surface area contributed by atoms with Crippen molar-refractivity contribution in [2.45, 2.75) is 42.9 Å². The molecule has 6 nitrogen and oxygen atoms in total. The van der Waals surface area contributed by atoms with Gasteiger partial charge in [-0.05, 0) is 32.0 Å². The summed E-state index contributed by atoms with van der Waals surface area (Å²) in [7, 11) is 5.57. The van der Waals surface area contributed by atoms with Gasteiger partial charge in [0, 0.05) is 29.0 Å². The maximum Gasteiger partial charge on any atom is 0.274 e. The highest BCUT2D eigenvalue weighted by molar-refractivity contribution is 6.58. The molecule has 0 fully saturated rings. The van der Waals surface area contributed by atoms with Crippen molar-refractivity contribution >= 4 is 41.0 Å². The number of carbonyl (C=O) groups is 1. The monoisotopic (exact) mass is 460 g/mol. The Hall–Kier alpha value is -2.98. The number of amidine groups is 1. The molecule has 1 aliphatic rings. The van der Waals surface area contributed by atoms with E-state index < -0.39 is 58.0 Å². The highest BCUT2D eigenvalue weighted by atomic mass is 19.2. The normalized spacial score (nSPS) is 25.3. The van der Waals surface area contributed by atoms with E-state index in [1.165, 1.54) is 19.2 Å². The number of halogens is 4. The lowest BCUT2D eigenvalue weighted by Gasteiger charge is -2.39. The van der Waals surface area contributed by atoms with E-state index in [0.717, 1.165) is 19.1 Å². The van der Waals surface area contributed by atoms with E-state index in [4.69, 9.17) is 10.5 Å². The fraction of sp³-hybridized carbons (Fsp3) is 0.350. The Morgan fingerprint density at radius 2 is 1.94 bits per heavy atom. The number of aliphatic imine (C=N–C) groups is 1. The first kappa shape index (κ1) is 24.7. The van der Waals surface area contributed by atoms with E-state index in [2.05, 4.69) is 15.3 Å². The van der Waals surface area contributed by atoms with Crippen LogP contribution < -0.4 is 15.8 Å². The van der Waals surface area contributed by atoms with E-state index >= 15 is 0 Å². The van der Waals surface area contributed by atoms with E-state index in [1.54, 1.807) is 6.07 Å². The summed E-state index contributed by atoms with van der Waals surface area (Å²) in [6, 6.07) is 4.76. The van der Waals surface area contributed by atoms with Gasteiger partial charge in [-0.1, -0.05) is 0 Å². The summed E-state index contributed by atoms with van der Waals surface area (Å²) in [5.74, 6) is -3.47. The minimum Gasteiger partial charge on any atom is -0.512 e. The van der Waals surface area contributed by atoms with Gasteiger partial charge in [0.1, 0.15) is 52.5 Å². The minimum absolute atomic E-state index is 0.00903. The van der Waals surface area contributed by atoms with E-state index in [9.17, 15) is 22.4 Å². The van der Waals surface area contributed by atoms with Gasteiger partial charge in [0.25, 0.3) is 5.91 Å². The molecule has 0 saturated heterocycles. The van der Waals surface area contributed by atoms with Crippen LogP contribution in [0, 0.1) is 11.6 Å². The molecule has 1 aliphatic heterocycles. The number of nitrogens with zero attached hydrogens (tertiary/aromatic N) is 2. The number of amides is 1. The summed E-state index contributed by atoms with van der Waals surface area (Å²) in [4.78, 5) is 20.4. The van der Waals surface area contributed by atoms with Crippen molar-refractivity contribution in [2.75, 3.05) is 5.32 Å². The van der Waals surface area contributed by atoms with Crippen molar-refractivity contribution in [2.24, 2.45) is 10.7 Å². The van der Waals surface area contributed by atoms with Crippen LogP contribution in [0.3, 0.4) is 0 Å². The Morgan fingerprint density at radius 1 is 1.27 bits per heavy atom. The molecule has 0 radical (unpaired) electrons. The first-order valence-corrected chi connectivity index (χ1v) is 10.3. The number of pyridine rings is 1. The summed E-state index contributed by atoms with van der Waals surface area (Å²) in [6.45, 7) is 2.26. The quantitative estimate of drug-likeness (QED) is 0.504. The maximum atomic E-state index is 14.9. The van der Waals surface area contributed by atoms with E-state index in [-0.39, 0.29) is 11.4 Å². The smallest absolute Gasteiger partial charge is 0.274 e. The number of rotatable bonds is 5. The molecule has 1 aromatic heterocycles. The van der Waals surface area contributed by atoms with Gasteiger partial charge in [-0.25, -0.2) is 22.5 Å². The van der Waals surface area contributed by atoms with Crippen LogP contribution in [-0.2, 0) is 5.54 Å². The third kappa shape index (κ3) is 5.17. The van der Waals surface area contributed by atoms with Crippen molar-refractivity contribution in [3.63, 3.8) is 0 Å². The van der Waals surface area contributed by atoms with Gasteiger partial charge in [0.2, 0.25) is 0 Å². The van der Waals surface area contributed by atoms with Crippen molar-refractivity contribution in [3.8, 4) is 5.75 Å². The van der Waals surface area contributed by atoms with Crippen LogP contribution in [0.5, 0.6) is 5.75 Å². The van der Waals surface area contributed by atoms with E-state index in [1.807, 2.05) is 23.5 Å². The number of ether oxygens (including phenoxy) is 1. The molecule has 3 atom stereocenters. The van der Waals surface area contributed by atoms with Crippen LogP contribution in [0.15, 0.2) is 35.5 Å². The standard InChI is InChI=1S/C20H23B3F4N4O2/c1-18(27)7-14(25)19(2,31-17(18)28)11-5-9(6-12(24)15(11)26)30-16(32)13-4-3-10(8-29-13)33-20(21,22)23/h3-6,8,14H,7,21-23H2,1-2H3,(H2,28,31)(H,30,32)/t14-,18-,19+/m0/s1. The zero-order valence-electron chi connectivity index (χ0n) is 19.0. The topological polar surface area (TPSA) is 89.6 Å². The Balaban J connectivity index is 1.91. The van der Waals surface area contributed by atoms with Crippen LogP contribution in [0.1, 0.15) is 36.3 Å². The van der Waals surface area contributed by atoms with Crippen molar-refractivity contribution in [1.29, 1.82) is 0 Å². The number of alkyl halides is 2. The molecule has 1 aromatic carbocycles. The summed E-state index contributed by atoms with van der Waals surface area (Å²) in [6.07, 6.45) is -1.31. The minimum atomic E-state index is -2.21. The highest BCUT2D eigenvalue weighted by Gasteiger charge is 2.49. The van der Waals surface area contributed by atoms with Gasteiger partial charge in [0.05, 0.1) is 6.20 Å². The summed E-state index contributed by atoms with van der Waals surface area (Å²) in [5.41, 5.74) is 0.775. The Bertz CT molecular complexity index is 1110. The molecular formula is C20H23B3F4N4O2.